The third kappa shape index (κ3) is 2.91. The summed E-state index contributed by atoms with van der Waals surface area (Å²) >= 11 is 0. The molecule has 0 atom stereocenters. The summed E-state index contributed by atoms with van der Waals surface area (Å²) < 4.78 is 10.7. The van der Waals surface area contributed by atoms with Gasteiger partial charge in [-0.05, 0) is 11.6 Å². The van der Waals surface area contributed by atoms with Crippen LogP contribution in [-0.4, -0.2) is 14.2 Å². The Kier molecular flexibility index (Phi) is 5.28. The Bertz CT molecular complexity index is 469. The Balaban J connectivity index is 0.00000144. The lowest BCUT2D eigenvalue weighted by Crippen LogP contribution is -1.92. The number of methoxy groups -OCH3 is 2. The van der Waals surface area contributed by atoms with Gasteiger partial charge in [0, 0.05) is 5.56 Å². The number of para-hydroxylation sites is 1. The maximum Gasteiger partial charge on any atom is 0.168 e. The summed E-state index contributed by atoms with van der Waals surface area (Å²) in [4.78, 5) is 0. The minimum Gasteiger partial charge on any atom is -0.493 e. The molecule has 0 aliphatic heterocycles. The maximum atomic E-state index is 5.40. The van der Waals surface area contributed by atoms with Crippen LogP contribution in [0.15, 0.2) is 48.5 Å². The van der Waals surface area contributed by atoms with Crippen molar-refractivity contribution in [3.05, 3.63) is 48.5 Å². The number of ether oxygens (including phenoxy) is 2. The van der Waals surface area contributed by atoms with Crippen LogP contribution in [0.4, 0.5) is 0 Å². The fourth-order valence-electron chi connectivity index (χ4n) is 1.73. The Morgan fingerprint density at radius 1 is 0.765 bits per heavy atom. The Hall–Kier alpha value is -1.23. The largest absolute Gasteiger partial charge is 0.493 e. The van der Waals surface area contributed by atoms with Gasteiger partial charge in [-0.2, -0.15) is 0 Å². The molecule has 0 radical (unpaired) electrons. The van der Waals surface area contributed by atoms with E-state index in [4.69, 9.17) is 9.47 Å². The van der Waals surface area contributed by atoms with Crippen molar-refractivity contribution >= 4 is 24.0 Å². The molecule has 2 rings (SSSR count). The molecule has 0 bridgehead atoms. The van der Waals surface area contributed by atoms with Gasteiger partial charge < -0.3 is 9.47 Å². The SMILES string of the molecule is COc1cccc(-c2ccccc2)c1OC.I. The van der Waals surface area contributed by atoms with Gasteiger partial charge in [-0.25, -0.2) is 0 Å². The van der Waals surface area contributed by atoms with Gasteiger partial charge in [0.1, 0.15) is 0 Å². The van der Waals surface area contributed by atoms with Gasteiger partial charge in [0.2, 0.25) is 0 Å². The van der Waals surface area contributed by atoms with Gasteiger partial charge in [-0.3, -0.25) is 0 Å². The van der Waals surface area contributed by atoms with E-state index in [-0.39, 0.29) is 24.0 Å². The first-order chi connectivity index (χ1) is 7.86. The van der Waals surface area contributed by atoms with E-state index in [1.165, 1.54) is 0 Å². The van der Waals surface area contributed by atoms with Crippen LogP contribution in [0.2, 0.25) is 0 Å². The first-order valence-electron chi connectivity index (χ1n) is 5.13. The molecule has 2 aromatic carbocycles. The summed E-state index contributed by atoms with van der Waals surface area (Å²) in [5, 5.41) is 0. The van der Waals surface area contributed by atoms with Gasteiger partial charge in [0.15, 0.2) is 11.5 Å². The molecule has 0 saturated carbocycles. The van der Waals surface area contributed by atoms with E-state index in [1.54, 1.807) is 14.2 Å². The molecule has 0 aliphatic carbocycles. The van der Waals surface area contributed by atoms with Crippen LogP contribution in [0.5, 0.6) is 11.5 Å². The van der Waals surface area contributed by atoms with E-state index < -0.39 is 0 Å². The van der Waals surface area contributed by atoms with Crippen molar-refractivity contribution in [1.29, 1.82) is 0 Å². The second-order valence-electron chi connectivity index (χ2n) is 3.41. The molecule has 0 fully saturated rings. The van der Waals surface area contributed by atoms with Crippen molar-refractivity contribution in [3.8, 4) is 22.6 Å². The monoisotopic (exact) mass is 342 g/mol. The highest BCUT2D eigenvalue weighted by molar-refractivity contribution is 14.0. The molecule has 0 aromatic heterocycles. The van der Waals surface area contributed by atoms with Gasteiger partial charge in [0.05, 0.1) is 14.2 Å². The van der Waals surface area contributed by atoms with Crippen molar-refractivity contribution in [1.82, 2.24) is 0 Å². The van der Waals surface area contributed by atoms with Gasteiger partial charge in [0.25, 0.3) is 0 Å². The highest BCUT2D eigenvalue weighted by Gasteiger charge is 2.10. The van der Waals surface area contributed by atoms with E-state index in [2.05, 4.69) is 12.1 Å². The van der Waals surface area contributed by atoms with E-state index in [0.717, 1.165) is 22.6 Å². The fourth-order valence-corrected chi connectivity index (χ4v) is 1.73. The molecule has 0 amide bonds. The van der Waals surface area contributed by atoms with Gasteiger partial charge in [-0.1, -0.05) is 42.5 Å². The highest BCUT2D eigenvalue weighted by Crippen LogP contribution is 2.37. The van der Waals surface area contributed by atoms with Crippen molar-refractivity contribution in [2.75, 3.05) is 14.2 Å². The van der Waals surface area contributed by atoms with Crippen LogP contribution in [0.25, 0.3) is 11.1 Å². The Morgan fingerprint density at radius 2 is 1.47 bits per heavy atom. The molecule has 90 valence electrons. The predicted octanol–water partition coefficient (Wildman–Crippen LogP) is 3.99. The molecule has 3 heteroatoms. The summed E-state index contributed by atoms with van der Waals surface area (Å²) in [6.07, 6.45) is 0. The highest BCUT2D eigenvalue weighted by atomic mass is 127. The molecular weight excluding hydrogens is 327 g/mol. The number of benzene rings is 2. The third-order valence-corrected chi connectivity index (χ3v) is 2.49. The second kappa shape index (κ2) is 6.49. The summed E-state index contributed by atoms with van der Waals surface area (Å²) in [5.74, 6) is 1.53. The molecular formula is C14H15IO2. The molecule has 0 saturated heterocycles. The Labute approximate surface area is 119 Å². The van der Waals surface area contributed by atoms with E-state index in [1.807, 2.05) is 36.4 Å². The molecule has 0 aliphatic rings. The van der Waals surface area contributed by atoms with Crippen molar-refractivity contribution in [3.63, 3.8) is 0 Å². The molecule has 2 nitrogen and oxygen atoms in total. The lowest BCUT2D eigenvalue weighted by molar-refractivity contribution is 0.356. The number of hydrogen-bond acceptors (Lipinski definition) is 2. The lowest BCUT2D eigenvalue weighted by atomic mass is 10.0. The van der Waals surface area contributed by atoms with Crippen LogP contribution in [0.1, 0.15) is 0 Å². The first-order valence-corrected chi connectivity index (χ1v) is 5.13. The average Bonchev–Trinajstić information content (AvgIpc) is 2.38. The lowest BCUT2D eigenvalue weighted by Gasteiger charge is -2.12. The van der Waals surface area contributed by atoms with Crippen LogP contribution in [0, 0.1) is 0 Å². The van der Waals surface area contributed by atoms with E-state index in [0.29, 0.717) is 0 Å². The normalized spacial score (nSPS) is 9.29. The Morgan fingerprint density at radius 3 is 2.06 bits per heavy atom. The summed E-state index contributed by atoms with van der Waals surface area (Å²) in [7, 11) is 3.30. The zero-order chi connectivity index (χ0) is 11.4. The minimum atomic E-state index is 0. The van der Waals surface area contributed by atoms with Gasteiger partial charge in [-0.15, -0.1) is 24.0 Å². The quantitative estimate of drug-likeness (QED) is 0.786. The van der Waals surface area contributed by atoms with E-state index in [9.17, 15) is 0 Å². The summed E-state index contributed by atoms with van der Waals surface area (Å²) in [6.45, 7) is 0. The van der Waals surface area contributed by atoms with Gasteiger partial charge >= 0.3 is 0 Å². The second-order valence-corrected chi connectivity index (χ2v) is 3.41. The molecule has 0 heterocycles. The first kappa shape index (κ1) is 13.8. The number of rotatable bonds is 3. The molecule has 17 heavy (non-hydrogen) atoms. The smallest absolute Gasteiger partial charge is 0.168 e. The zero-order valence-corrected chi connectivity index (χ0v) is 12.2. The average molecular weight is 342 g/mol. The summed E-state index contributed by atoms with van der Waals surface area (Å²) in [6, 6.07) is 16.0. The molecule has 0 spiro atoms. The molecule has 2 aromatic rings. The van der Waals surface area contributed by atoms with Crippen LogP contribution < -0.4 is 9.47 Å². The van der Waals surface area contributed by atoms with E-state index >= 15 is 0 Å². The summed E-state index contributed by atoms with van der Waals surface area (Å²) in [5.41, 5.74) is 2.17. The minimum absolute atomic E-state index is 0. The van der Waals surface area contributed by atoms with Crippen molar-refractivity contribution in [2.24, 2.45) is 0 Å². The van der Waals surface area contributed by atoms with Crippen molar-refractivity contribution < 1.29 is 9.47 Å². The van der Waals surface area contributed by atoms with Crippen LogP contribution >= 0.6 is 24.0 Å². The topological polar surface area (TPSA) is 18.5 Å². The standard InChI is InChI=1S/C14H14O2.HI/c1-15-13-10-6-9-12(14(13)16-2)11-7-4-3-5-8-11;/h3-10H,1-2H3;1H. The third-order valence-electron chi connectivity index (χ3n) is 2.49. The number of halogens is 1. The fraction of sp³-hybridized carbons (Fsp3) is 0.143. The molecule has 0 unspecified atom stereocenters. The zero-order valence-electron chi connectivity index (χ0n) is 9.84. The van der Waals surface area contributed by atoms with Crippen molar-refractivity contribution in [2.45, 2.75) is 0 Å². The van der Waals surface area contributed by atoms with Crippen LogP contribution in [0.3, 0.4) is 0 Å². The maximum absolute atomic E-state index is 5.40. The van der Waals surface area contributed by atoms with Crippen LogP contribution in [-0.2, 0) is 0 Å². The predicted molar refractivity (Wildman–Crippen MR) is 80.4 cm³/mol. The molecule has 0 N–H and O–H groups in total. The number of hydrogen-bond donors (Lipinski definition) is 0.